The smallest absolute Gasteiger partial charge is 0.326 e. The molecular weight excluding hydrogens is 819 g/mol. The minimum absolute atomic E-state index is 0.0413. The van der Waals surface area contributed by atoms with E-state index in [0.29, 0.717) is 63.6 Å². The highest BCUT2D eigenvalue weighted by molar-refractivity contribution is 5.97. The van der Waals surface area contributed by atoms with Gasteiger partial charge >= 0.3 is 5.97 Å². The lowest BCUT2D eigenvalue weighted by atomic mass is 9.94. The number of hydrogen-bond acceptors (Lipinski definition) is 10. The second-order valence-corrected chi connectivity index (χ2v) is 17.1. The minimum atomic E-state index is -1.22. The Kier molecular flexibility index (Phi) is 24.9. The van der Waals surface area contributed by atoms with Crippen molar-refractivity contribution in [2.75, 3.05) is 13.1 Å². The van der Waals surface area contributed by atoms with Crippen LogP contribution in [0.5, 0.6) is 0 Å². The Hall–Kier alpha value is -5.39. The molecule has 0 unspecified atom stereocenters. The third-order valence-electron chi connectivity index (χ3n) is 11.5. The summed E-state index contributed by atoms with van der Waals surface area (Å²) in [6.07, 6.45) is 4.02. The number of unbranched alkanes of at least 4 members (excludes halogenated alkanes) is 2. The molecule has 6 amide bonds. The number of aliphatic carboxylic acids is 1. The summed E-state index contributed by atoms with van der Waals surface area (Å²) in [5, 5.41) is 26.5. The molecule has 0 fully saturated rings. The Balaban J connectivity index is 2.36. The van der Waals surface area contributed by atoms with Crippen LogP contribution in [0.25, 0.3) is 0 Å². The van der Waals surface area contributed by atoms with Crippen LogP contribution in [0, 0.1) is 17.8 Å². The first kappa shape index (κ1) is 54.7. The van der Waals surface area contributed by atoms with E-state index >= 15 is 0 Å². The van der Waals surface area contributed by atoms with Gasteiger partial charge in [0.15, 0.2) is 0 Å². The van der Waals surface area contributed by atoms with Gasteiger partial charge in [0, 0.05) is 12.8 Å². The average Bonchev–Trinajstić information content (AvgIpc) is 3.27. The predicted octanol–water partition coefficient (Wildman–Crippen LogP) is 1.80. The molecule has 0 saturated carbocycles. The third kappa shape index (κ3) is 18.8. The fourth-order valence-corrected chi connectivity index (χ4v) is 7.00. The number of nitrogens with one attached hydrogen (secondary N) is 6. The van der Waals surface area contributed by atoms with Crippen LogP contribution < -0.4 is 49.1 Å². The van der Waals surface area contributed by atoms with Crippen LogP contribution in [0.1, 0.15) is 104 Å². The molecule has 0 aliphatic heterocycles. The molecule has 0 aromatic heterocycles. The third-order valence-corrected chi connectivity index (χ3v) is 11.5. The number of carbonyl (C=O) groups excluding carboxylic acids is 6. The highest BCUT2D eigenvalue weighted by Gasteiger charge is 2.37. The zero-order chi connectivity index (χ0) is 47.8. The van der Waals surface area contributed by atoms with Gasteiger partial charge in [-0.1, -0.05) is 121 Å². The molecule has 17 nitrogen and oxygen atoms in total. The molecule has 9 atom stereocenters. The molecule has 17 heteroatoms. The summed E-state index contributed by atoms with van der Waals surface area (Å²) in [4.78, 5) is 95.5. The number of carbonyl (C=O) groups is 7. The number of nitrogens with two attached hydrogens (primary N) is 3. The van der Waals surface area contributed by atoms with Crippen molar-refractivity contribution < 1.29 is 38.7 Å². The Labute approximate surface area is 379 Å². The Morgan fingerprint density at radius 1 is 0.500 bits per heavy atom. The number of amides is 6. The topological polar surface area (TPSA) is 290 Å². The van der Waals surface area contributed by atoms with E-state index in [9.17, 15) is 38.7 Å². The lowest BCUT2D eigenvalue weighted by Crippen LogP contribution is -2.62. The molecule has 2 aromatic rings. The van der Waals surface area contributed by atoms with Gasteiger partial charge in [-0.3, -0.25) is 28.8 Å². The van der Waals surface area contributed by atoms with E-state index in [4.69, 9.17) is 17.2 Å². The molecule has 0 aliphatic rings. The molecule has 0 spiro atoms. The summed E-state index contributed by atoms with van der Waals surface area (Å²) >= 11 is 0. The van der Waals surface area contributed by atoms with Gasteiger partial charge in [-0.05, 0) is 74.1 Å². The van der Waals surface area contributed by atoms with Gasteiger partial charge in [-0.25, -0.2) is 4.79 Å². The van der Waals surface area contributed by atoms with E-state index in [1.165, 1.54) is 0 Å². The van der Waals surface area contributed by atoms with Crippen molar-refractivity contribution in [1.29, 1.82) is 0 Å². The van der Waals surface area contributed by atoms with E-state index in [2.05, 4.69) is 31.9 Å². The molecule has 0 aliphatic carbocycles. The van der Waals surface area contributed by atoms with Gasteiger partial charge in [0.1, 0.15) is 36.3 Å². The highest BCUT2D eigenvalue weighted by atomic mass is 16.4. The van der Waals surface area contributed by atoms with Crippen molar-refractivity contribution in [3.63, 3.8) is 0 Å². The number of rotatable bonds is 30. The van der Waals surface area contributed by atoms with E-state index in [1.54, 1.807) is 58.0 Å². The number of hydrogen-bond donors (Lipinski definition) is 10. The standard InChI is InChI=1S/C47H75N9O8/c1-7-30(5)39(45(61)53-36(27-32-19-11-9-12-20-32)42(58)51-35(47(63)64)24-16-18-26-49)56-44(60)38(29(3)4)54-46(62)40(31(6)8-2)55-43(59)37(28-33-21-13-10-14-22-33)52-41(57)34(50)23-15-17-25-48/h9-14,19-22,29-31,34-40H,7-8,15-18,23-28,48-50H2,1-6H3,(H,51,58)(H,52,57)(H,53,61)(H,54,62)(H,55,59)(H,56,60)(H,63,64)/t30-,31-,34-,35-,36-,37-,38-,39-,40-/m0/s1. The summed E-state index contributed by atoms with van der Waals surface area (Å²) < 4.78 is 0. The Morgan fingerprint density at radius 2 is 0.875 bits per heavy atom. The van der Waals surface area contributed by atoms with Crippen molar-refractivity contribution in [3.8, 4) is 0 Å². The highest BCUT2D eigenvalue weighted by Crippen LogP contribution is 2.15. The van der Waals surface area contributed by atoms with E-state index in [0.717, 1.165) is 5.56 Å². The molecule has 0 radical (unpaired) electrons. The van der Waals surface area contributed by atoms with Gasteiger partial charge in [-0.15, -0.1) is 0 Å². The quantitative estimate of drug-likeness (QED) is 0.0505. The molecule has 356 valence electrons. The molecule has 64 heavy (non-hydrogen) atoms. The lowest BCUT2D eigenvalue weighted by Gasteiger charge is -2.31. The average molecular weight is 894 g/mol. The van der Waals surface area contributed by atoms with Gasteiger partial charge in [0.2, 0.25) is 35.4 Å². The summed E-state index contributed by atoms with van der Waals surface area (Å²) in [5.74, 6) is -6.32. The van der Waals surface area contributed by atoms with Crippen molar-refractivity contribution in [3.05, 3.63) is 71.8 Å². The maximum absolute atomic E-state index is 14.2. The van der Waals surface area contributed by atoms with E-state index < -0.39 is 101 Å². The molecular formula is C47H75N9O8. The molecule has 2 aromatic carbocycles. The van der Waals surface area contributed by atoms with Crippen LogP contribution in [0.3, 0.4) is 0 Å². The molecule has 13 N–H and O–H groups in total. The summed E-state index contributed by atoms with van der Waals surface area (Å²) in [6.45, 7) is 11.6. The molecule has 0 bridgehead atoms. The number of carboxylic acid groups (broad SMARTS) is 1. The normalized spacial score (nSPS) is 15.5. The largest absolute Gasteiger partial charge is 0.480 e. The van der Waals surface area contributed by atoms with Crippen molar-refractivity contribution in [2.45, 2.75) is 148 Å². The summed E-state index contributed by atoms with van der Waals surface area (Å²) in [5.41, 5.74) is 18.8. The van der Waals surface area contributed by atoms with Crippen LogP contribution >= 0.6 is 0 Å². The molecule has 0 saturated heterocycles. The Bertz CT molecular complexity index is 1770. The van der Waals surface area contributed by atoms with Crippen LogP contribution in [-0.2, 0) is 46.4 Å². The summed E-state index contributed by atoms with van der Waals surface area (Å²) in [6, 6.07) is 10.3. The maximum atomic E-state index is 14.2. The van der Waals surface area contributed by atoms with Crippen LogP contribution in [0.15, 0.2) is 60.7 Å². The number of benzene rings is 2. The van der Waals surface area contributed by atoms with Crippen LogP contribution in [0.2, 0.25) is 0 Å². The second-order valence-electron chi connectivity index (χ2n) is 17.1. The fraction of sp³-hybridized carbons (Fsp3) is 0.596. The first-order valence-corrected chi connectivity index (χ1v) is 22.8. The fourth-order valence-electron chi connectivity index (χ4n) is 7.00. The lowest BCUT2D eigenvalue weighted by molar-refractivity contribution is -0.142. The van der Waals surface area contributed by atoms with Gasteiger partial charge in [0.05, 0.1) is 6.04 Å². The number of carboxylic acids is 1. The van der Waals surface area contributed by atoms with E-state index in [-0.39, 0.29) is 19.3 Å². The van der Waals surface area contributed by atoms with Crippen LogP contribution in [0.4, 0.5) is 0 Å². The van der Waals surface area contributed by atoms with Crippen molar-refractivity contribution >= 4 is 41.4 Å². The second kappa shape index (κ2) is 29.1. The van der Waals surface area contributed by atoms with Crippen molar-refractivity contribution in [1.82, 2.24) is 31.9 Å². The Morgan fingerprint density at radius 3 is 1.31 bits per heavy atom. The van der Waals surface area contributed by atoms with E-state index in [1.807, 2.05) is 44.2 Å². The minimum Gasteiger partial charge on any atom is -0.480 e. The van der Waals surface area contributed by atoms with Gasteiger partial charge < -0.3 is 54.2 Å². The first-order chi connectivity index (χ1) is 30.5. The first-order valence-electron chi connectivity index (χ1n) is 22.8. The zero-order valence-electron chi connectivity index (χ0n) is 38.6. The maximum Gasteiger partial charge on any atom is 0.326 e. The monoisotopic (exact) mass is 894 g/mol. The predicted molar refractivity (Wildman–Crippen MR) is 247 cm³/mol. The van der Waals surface area contributed by atoms with Gasteiger partial charge in [-0.2, -0.15) is 0 Å². The SMILES string of the molecule is CC[C@H](C)[C@H](NC(=O)[C@H](Cc1ccccc1)NC(=O)[C@@H](N)CCCCN)C(=O)N[C@H](C(=O)N[C@H](C(=O)N[C@@H](Cc1ccccc1)C(=O)N[C@@H](CCCCN)C(=O)O)[C@@H](C)CC)C(C)C. The van der Waals surface area contributed by atoms with Crippen molar-refractivity contribution in [2.24, 2.45) is 35.0 Å². The van der Waals surface area contributed by atoms with Gasteiger partial charge in [0.25, 0.3) is 0 Å². The zero-order valence-corrected chi connectivity index (χ0v) is 38.6. The van der Waals surface area contributed by atoms with Crippen LogP contribution in [-0.4, -0.2) is 102 Å². The summed E-state index contributed by atoms with van der Waals surface area (Å²) in [7, 11) is 0. The molecule has 0 heterocycles. The molecule has 2 rings (SSSR count).